The van der Waals surface area contributed by atoms with E-state index >= 15 is 0 Å². The quantitative estimate of drug-likeness (QED) is 0.730. The summed E-state index contributed by atoms with van der Waals surface area (Å²) < 4.78 is 0. The maximum absolute atomic E-state index is 11.7. The van der Waals surface area contributed by atoms with E-state index in [9.17, 15) is 14.4 Å². The normalized spacial score (nSPS) is 19.8. The number of hydrogen-bond acceptors (Lipinski definition) is 6. The molecular formula is C11H11N3O3S. The molecule has 2 heterocycles. The molecule has 1 aromatic rings. The van der Waals surface area contributed by atoms with Gasteiger partial charge in [-0.3, -0.25) is 19.7 Å². The minimum Gasteiger partial charge on any atom is -0.329 e. The molecule has 0 radical (unpaired) electrons. The molecule has 1 fully saturated rings. The maximum Gasteiger partial charge on any atom is 0.246 e. The van der Waals surface area contributed by atoms with Crippen LogP contribution in [0.25, 0.3) is 0 Å². The van der Waals surface area contributed by atoms with Gasteiger partial charge in [-0.15, -0.1) is 0 Å². The molecule has 3 rings (SSSR count). The van der Waals surface area contributed by atoms with Crippen molar-refractivity contribution in [3.05, 3.63) is 10.6 Å². The third kappa shape index (κ3) is 1.90. The van der Waals surface area contributed by atoms with Gasteiger partial charge in [0.1, 0.15) is 13.1 Å². The van der Waals surface area contributed by atoms with Gasteiger partial charge >= 0.3 is 0 Å². The SMILES string of the molecule is O=C1CN(c2nc3c(s2)C(=O)CCC3)CC(=O)N1. The summed E-state index contributed by atoms with van der Waals surface area (Å²) in [7, 11) is 0. The van der Waals surface area contributed by atoms with Gasteiger partial charge in [0.15, 0.2) is 10.9 Å². The topological polar surface area (TPSA) is 79.4 Å². The van der Waals surface area contributed by atoms with E-state index < -0.39 is 0 Å². The summed E-state index contributed by atoms with van der Waals surface area (Å²) in [5, 5.41) is 2.84. The standard InChI is InChI=1S/C11H11N3O3S/c15-7-3-1-2-6-10(7)18-11(12-6)14-4-8(16)13-9(17)5-14/h1-5H2,(H,13,16,17). The lowest BCUT2D eigenvalue weighted by Crippen LogP contribution is -2.51. The van der Waals surface area contributed by atoms with Crippen molar-refractivity contribution >= 4 is 34.1 Å². The highest BCUT2D eigenvalue weighted by atomic mass is 32.1. The molecule has 6 nitrogen and oxygen atoms in total. The molecule has 2 aliphatic rings. The van der Waals surface area contributed by atoms with E-state index in [1.54, 1.807) is 4.90 Å². The van der Waals surface area contributed by atoms with Gasteiger partial charge in [0, 0.05) is 6.42 Å². The van der Waals surface area contributed by atoms with Crippen molar-refractivity contribution in [3.63, 3.8) is 0 Å². The fraction of sp³-hybridized carbons (Fsp3) is 0.455. The predicted molar refractivity (Wildman–Crippen MR) is 64.7 cm³/mol. The third-order valence-electron chi connectivity index (χ3n) is 2.98. The number of thiazole rings is 1. The first-order chi connectivity index (χ1) is 8.63. The largest absolute Gasteiger partial charge is 0.329 e. The fourth-order valence-electron chi connectivity index (χ4n) is 2.16. The van der Waals surface area contributed by atoms with E-state index in [-0.39, 0.29) is 30.7 Å². The van der Waals surface area contributed by atoms with Crippen LogP contribution in [0.4, 0.5) is 5.13 Å². The lowest BCUT2D eigenvalue weighted by molar-refractivity contribution is -0.130. The zero-order chi connectivity index (χ0) is 12.7. The molecule has 0 spiro atoms. The van der Waals surface area contributed by atoms with Crippen LogP contribution in [0, 0.1) is 0 Å². The highest BCUT2D eigenvalue weighted by Gasteiger charge is 2.28. The average molecular weight is 265 g/mol. The monoisotopic (exact) mass is 265 g/mol. The lowest BCUT2D eigenvalue weighted by atomic mass is 10.0. The molecule has 0 aromatic carbocycles. The van der Waals surface area contributed by atoms with Crippen molar-refractivity contribution in [2.75, 3.05) is 18.0 Å². The highest BCUT2D eigenvalue weighted by Crippen LogP contribution is 2.31. The number of carbonyl (C=O) groups excluding carboxylic acids is 3. The molecule has 1 N–H and O–H groups in total. The van der Waals surface area contributed by atoms with Gasteiger partial charge in [-0.25, -0.2) is 4.98 Å². The third-order valence-corrected chi connectivity index (χ3v) is 4.17. The average Bonchev–Trinajstić information content (AvgIpc) is 2.73. The van der Waals surface area contributed by atoms with Gasteiger partial charge in [-0.1, -0.05) is 11.3 Å². The van der Waals surface area contributed by atoms with Crippen molar-refractivity contribution in [1.82, 2.24) is 10.3 Å². The van der Waals surface area contributed by atoms with Gasteiger partial charge in [-0.05, 0) is 12.8 Å². The summed E-state index contributed by atoms with van der Waals surface area (Å²) in [6.07, 6.45) is 2.19. The Morgan fingerprint density at radius 3 is 2.50 bits per heavy atom. The van der Waals surface area contributed by atoms with Crippen LogP contribution in [0.1, 0.15) is 28.2 Å². The van der Waals surface area contributed by atoms with Gasteiger partial charge < -0.3 is 4.90 Å². The molecule has 1 aromatic heterocycles. The number of imide groups is 1. The van der Waals surface area contributed by atoms with Crippen molar-refractivity contribution < 1.29 is 14.4 Å². The van der Waals surface area contributed by atoms with Gasteiger partial charge in [0.25, 0.3) is 0 Å². The second-order valence-corrected chi connectivity index (χ2v) is 5.35. The van der Waals surface area contributed by atoms with Crippen LogP contribution in [0.5, 0.6) is 0 Å². The summed E-state index contributed by atoms with van der Waals surface area (Å²) in [6.45, 7) is 0.235. The van der Waals surface area contributed by atoms with Crippen LogP contribution >= 0.6 is 11.3 Å². The number of rotatable bonds is 1. The van der Waals surface area contributed by atoms with E-state index in [0.29, 0.717) is 16.4 Å². The Balaban J connectivity index is 1.91. The molecule has 0 unspecified atom stereocenters. The second kappa shape index (κ2) is 4.16. The van der Waals surface area contributed by atoms with Crippen molar-refractivity contribution in [1.29, 1.82) is 0 Å². The van der Waals surface area contributed by atoms with Crippen LogP contribution in [-0.4, -0.2) is 35.7 Å². The number of fused-ring (bicyclic) bond motifs is 1. The number of aromatic nitrogens is 1. The summed E-state index contributed by atoms with van der Waals surface area (Å²) >= 11 is 1.29. The van der Waals surface area contributed by atoms with E-state index in [4.69, 9.17) is 0 Å². The number of Topliss-reactive ketones (excluding diaryl/α,β-unsaturated/α-hetero) is 1. The second-order valence-electron chi connectivity index (χ2n) is 4.38. The maximum atomic E-state index is 11.7. The Kier molecular flexibility index (Phi) is 2.62. The van der Waals surface area contributed by atoms with Gasteiger partial charge in [0.2, 0.25) is 11.8 Å². The molecule has 0 bridgehead atoms. The number of nitrogens with one attached hydrogen (secondary N) is 1. The highest BCUT2D eigenvalue weighted by molar-refractivity contribution is 7.17. The Labute approximate surface area is 107 Å². The number of carbonyl (C=O) groups is 3. The van der Waals surface area contributed by atoms with Crippen molar-refractivity contribution in [2.45, 2.75) is 19.3 Å². The van der Waals surface area contributed by atoms with Gasteiger partial charge in [0.05, 0.1) is 10.6 Å². The molecule has 1 saturated heterocycles. The molecule has 0 atom stereocenters. The number of anilines is 1. The molecule has 1 aliphatic carbocycles. The Morgan fingerprint density at radius 1 is 1.11 bits per heavy atom. The van der Waals surface area contributed by atoms with Crippen LogP contribution in [-0.2, 0) is 16.0 Å². The van der Waals surface area contributed by atoms with Crippen molar-refractivity contribution in [3.8, 4) is 0 Å². The Hall–Kier alpha value is -1.76. The van der Waals surface area contributed by atoms with E-state index in [1.807, 2.05) is 0 Å². The first-order valence-electron chi connectivity index (χ1n) is 5.74. The molecular weight excluding hydrogens is 254 g/mol. The summed E-state index contributed by atoms with van der Waals surface area (Å²) in [5.74, 6) is -0.538. The minimum atomic E-state index is -0.328. The first kappa shape index (κ1) is 11.3. The molecule has 0 saturated carbocycles. The van der Waals surface area contributed by atoms with E-state index in [1.165, 1.54) is 11.3 Å². The summed E-state index contributed by atoms with van der Waals surface area (Å²) in [6, 6.07) is 0. The number of hydrogen-bond donors (Lipinski definition) is 1. The van der Waals surface area contributed by atoms with Gasteiger partial charge in [-0.2, -0.15) is 0 Å². The van der Waals surface area contributed by atoms with E-state index in [0.717, 1.165) is 18.5 Å². The van der Waals surface area contributed by atoms with Crippen LogP contribution in [0.3, 0.4) is 0 Å². The smallest absolute Gasteiger partial charge is 0.246 e. The lowest BCUT2D eigenvalue weighted by Gasteiger charge is -2.24. The zero-order valence-corrected chi connectivity index (χ0v) is 10.4. The van der Waals surface area contributed by atoms with Crippen LogP contribution in [0.15, 0.2) is 0 Å². The van der Waals surface area contributed by atoms with Crippen molar-refractivity contribution in [2.24, 2.45) is 0 Å². The molecule has 1 aliphatic heterocycles. The number of nitrogens with zero attached hydrogens (tertiary/aromatic N) is 2. The predicted octanol–water partition coefficient (Wildman–Crippen LogP) is 0.125. The summed E-state index contributed by atoms with van der Waals surface area (Å²) in [4.78, 5) is 41.0. The Morgan fingerprint density at radius 2 is 1.83 bits per heavy atom. The minimum absolute atomic E-state index is 0.117. The molecule has 94 valence electrons. The van der Waals surface area contributed by atoms with E-state index in [2.05, 4.69) is 10.3 Å². The number of piperazine rings is 1. The van der Waals surface area contributed by atoms with Crippen LogP contribution < -0.4 is 10.2 Å². The zero-order valence-electron chi connectivity index (χ0n) is 9.56. The molecule has 18 heavy (non-hydrogen) atoms. The van der Waals surface area contributed by atoms with Crippen LogP contribution in [0.2, 0.25) is 0 Å². The number of ketones is 1. The fourth-order valence-corrected chi connectivity index (χ4v) is 3.24. The Bertz CT molecular complexity index is 536. The molecule has 7 heteroatoms. The molecule has 2 amide bonds. The number of aryl methyl sites for hydroxylation is 1. The first-order valence-corrected chi connectivity index (χ1v) is 6.55. The summed E-state index contributed by atoms with van der Waals surface area (Å²) in [5.41, 5.74) is 0.810. The number of amides is 2.